The number of piperidine rings is 1. The summed E-state index contributed by atoms with van der Waals surface area (Å²) < 4.78 is 0. The molecule has 1 fully saturated rings. The smallest absolute Gasteiger partial charge is 0.317 e. The number of hydrogen-bond acceptors (Lipinski definition) is 2. The van der Waals surface area contributed by atoms with Crippen molar-refractivity contribution in [3.63, 3.8) is 0 Å². The van der Waals surface area contributed by atoms with Crippen LogP contribution in [0.25, 0.3) is 0 Å². The summed E-state index contributed by atoms with van der Waals surface area (Å²) in [6.45, 7) is 5.56. The molecular formula is C16H23N3O. The average molecular weight is 273 g/mol. The fraction of sp³-hybridized carbons (Fsp3) is 0.562. The second kappa shape index (κ2) is 5.35. The molecule has 0 radical (unpaired) electrons. The molecule has 4 nitrogen and oxygen atoms in total. The molecule has 0 aliphatic carbocycles. The number of nitrogens with one attached hydrogen (secondary N) is 2. The number of hydrogen-bond donors (Lipinski definition) is 2. The lowest BCUT2D eigenvalue weighted by Crippen LogP contribution is -2.49. The third-order valence-electron chi connectivity index (χ3n) is 4.65. The predicted octanol–water partition coefficient (Wildman–Crippen LogP) is 2.57. The summed E-state index contributed by atoms with van der Waals surface area (Å²) in [6.07, 6.45) is 3.09. The Labute approximate surface area is 120 Å². The predicted molar refractivity (Wildman–Crippen MR) is 81.1 cm³/mol. The summed E-state index contributed by atoms with van der Waals surface area (Å²) in [6, 6.07) is 8.69. The van der Waals surface area contributed by atoms with Crippen molar-refractivity contribution < 1.29 is 4.79 Å². The van der Waals surface area contributed by atoms with E-state index in [1.54, 1.807) is 0 Å². The van der Waals surface area contributed by atoms with Gasteiger partial charge in [0.05, 0.1) is 0 Å². The van der Waals surface area contributed by atoms with Gasteiger partial charge in [0, 0.05) is 37.3 Å². The number of para-hydroxylation sites is 1. The van der Waals surface area contributed by atoms with Crippen LogP contribution in [0, 0.1) is 0 Å². The molecule has 2 aliphatic rings. The van der Waals surface area contributed by atoms with Crippen molar-refractivity contribution in [1.29, 1.82) is 0 Å². The Kier molecular flexibility index (Phi) is 3.55. The first-order valence-corrected chi connectivity index (χ1v) is 7.61. The number of anilines is 1. The molecule has 2 heterocycles. The Hall–Kier alpha value is -1.71. The van der Waals surface area contributed by atoms with Crippen LogP contribution in [0.1, 0.15) is 31.7 Å². The van der Waals surface area contributed by atoms with Crippen LogP contribution in [0.5, 0.6) is 0 Å². The van der Waals surface area contributed by atoms with Gasteiger partial charge in [-0.05, 0) is 30.9 Å². The van der Waals surface area contributed by atoms with Crippen molar-refractivity contribution >= 4 is 11.7 Å². The van der Waals surface area contributed by atoms with Gasteiger partial charge in [0.2, 0.25) is 0 Å². The zero-order valence-corrected chi connectivity index (χ0v) is 12.1. The number of benzene rings is 1. The highest BCUT2D eigenvalue weighted by Crippen LogP contribution is 2.43. The lowest BCUT2D eigenvalue weighted by Gasteiger charge is -2.39. The molecule has 3 rings (SSSR count). The molecule has 1 aromatic carbocycles. The van der Waals surface area contributed by atoms with E-state index in [4.69, 9.17) is 0 Å². The molecule has 108 valence electrons. The van der Waals surface area contributed by atoms with Crippen LogP contribution in [0.15, 0.2) is 24.3 Å². The Bertz CT molecular complexity index is 492. The van der Waals surface area contributed by atoms with E-state index in [0.717, 1.165) is 45.4 Å². The normalized spacial score (nSPS) is 19.6. The monoisotopic (exact) mass is 273 g/mol. The second-order valence-corrected chi connectivity index (χ2v) is 5.90. The zero-order chi connectivity index (χ0) is 14.0. The summed E-state index contributed by atoms with van der Waals surface area (Å²) in [5.74, 6) is 0. The number of likely N-dealkylation sites (tertiary alicyclic amines) is 1. The maximum absolute atomic E-state index is 12.0. The number of carbonyl (C=O) groups excluding carboxylic acids is 1. The minimum atomic E-state index is 0.0981. The first kappa shape index (κ1) is 13.3. The topological polar surface area (TPSA) is 44.4 Å². The maximum Gasteiger partial charge on any atom is 0.317 e. The molecular weight excluding hydrogens is 250 g/mol. The number of urea groups is 1. The largest absolute Gasteiger partial charge is 0.384 e. The van der Waals surface area contributed by atoms with Crippen LogP contribution in [0.3, 0.4) is 0 Å². The van der Waals surface area contributed by atoms with Crippen LogP contribution in [0.4, 0.5) is 10.5 Å². The van der Waals surface area contributed by atoms with E-state index in [-0.39, 0.29) is 11.4 Å². The van der Waals surface area contributed by atoms with Crippen LogP contribution >= 0.6 is 0 Å². The summed E-state index contributed by atoms with van der Waals surface area (Å²) in [7, 11) is 0. The highest BCUT2D eigenvalue weighted by atomic mass is 16.2. The van der Waals surface area contributed by atoms with Crippen molar-refractivity contribution in [2.75, 3.05) is 31.5 Å². The van der Waals surface area contributed by atoms with Crippen LogP contribution in [-0.2, 0) is 5.41 Å². The zero-order valence-electron chi connectivity index (χ0n) is 12.1. The van der Waals surface area contributed by atoms with Gasteiger partial charge >= 0.3 is 6.03 Å². The third-order valence-corrected chi connectivity index (χ3v) is 4.65. The van der Waals surface area contributed by atoms with Gasteiger partial charge in [-0.15, -0.1) is 0 Å². The molecule has 20 heavy (non-hydrogen) atoms. The highest BCUT2D eigenvalue weighted by molar-refractivity contribution is 5.74. The number of rotatable bonds is 2. The second-order valence-electron chi connectivity index (χ2n) is 5.90. The van der Waals surface area contributed by atoms with Gasteiger partial charge in [-0.1, -0.05) is 25.1 Å². The Morgan fingerprint density at radius 3 is 2.85 bits per heavy atom. The van der Waals surface area contributed by atoms with Crippen molar-refractivity contribution in [3.8, 4) is 0 Å². The molecule has 0 aromatic heterocycles. The lowest BCUT2D eigenvalue weighted by atomic mass is 9.74. The molecule has 2 amide bonds. The molecule has 4 heteroatoms. The van der Waals surface area contributed by atoms with E-state index in [1.165, 1.54) is 11.3 Å². The molecule has 2 N–H and O–H groups in total. The number of fused-ring (bicyclic) bond motifs is 2. The standard InChI is InChI=1S/C16H23N3O/c1-2-9-17-15(20)19-10-7-16(8-11-19)12-18-14-6-4-3-5-13(14)16/h3-6,18H,2,7-12H2,1H3,(H,17,20). The molecule has 1 saturated heterocycles. The van der Waals surface area contributed by atoms with Crippen molar-refractivity contribution in [2.24, 2.45) is 0 Å². The first-order valence-electron chi connectivity index (χ1n) is 7.61. The SMILES string of the molecule is CCCNC(=O)N1CCC2(CC1)CNc1ccccc12. The van der Waals surface area contributed by atoms with E-state index >= 15 is 0 Å². The molecule has 0 bridgehead atoms. The summed E-state index contributed by atoms with van der Waals surface area (Å²) >= 11 is 0. The average Bonchev–Trinajstić information content (AvgIpc) is 2.85. The van der Waals surface area contributed by atoms with Gasteiger partial charge in [0.1, 0.15) is 0 Å². The third kappa shape index (κ3) is 2.23. The number of nitrogens with zero attached hydrogens (tertiary/aromatic N) is 1. The van der Waals surface area contributed by atoms with Gasteiger partial charge in [0.25, 0.3) is 0 Å². The van der Waals surface area contributed by atoms with Crippen LogP contribution in [0.2, 0.25) is 0 Å². The van der Waals surface area contributed by atoms with E-state index < -0.39 is 0 Å². The van der Waals surface area contributed by atoms with E-state index in [1.807, 2.05) is 4.90 Å². The summed E-state index contributed by atoms with van der Waals surface area (Å²) in [5, 5.41) is 6.49. The Morgan fingerprint density at radius 2 is 2.10 bits per heavy atom. The fourth-order valence-corrected chi connectivity index (χ4v) is 3.39. The van der Waals surface area contributed by atoms with Gasteiger partial charge < -0.3 is 15.5 Å². The van der Waals surface area contributed by atoms with E-state index in [2.05, 4.69) is 41.8 Å². The van der Waals surface area contributed by atoms with Gasteiger partial charge in [-0.3, -0.25) is 0 Å². The Morgan fingerprint density at radius 1 is 1.35 bits per heavy atom. The molecule has 1 spiro atoms. The molecule has 0 unspecified atom stereocenters. The quantitative estimate of drug-likeness (QED) is 0.870. The van der Waals surface area contributed by atoms with Crippen molar-refractivity contribution in [2.45, 2.75) is 31.6 Å². The van der Waals surface area contributed by atoms with E-state index in [0.29, 0.717) is 0 Å². The van der Waals surface area contributed by atoms with Crippen molar-refractivity contribution in [3.05, 3.63) is 29.8 Å². The van der Waals surface area contributed by atoms with Crippen LogP contribution in [-0.4, -0.2) is 37.1 Å². The van der Waals surface area contributed by atoms with Gasteiger partial charge in [-0.2, -0.15) is 0 Å². The highest BCUT2D eigenvalue weighted by Gasteiger charge is 2.41. The molecule has 0 saturated carbocycles. The van der Waals surface area contributed by atoms with Gasteiger partial charge in [-0.25, -0.2) is 4.79 Å². The molecule has 2 aliphatic heterocycles. The van der Waals surface area contributed by atoms with Gasteiger partial charge in [0.15, 0.2) is 0 Å². The summed E-state index contributed by atoms with van der Waals surface area (Å²) in [5.41, 5.74) is 2.95. The van der Waals surface area contributed by atoms with Crippen molar-refractivity contribution in [1.82, 2.24) is 10.2 Å². The molecule has 0 atom stereocenters. The Balaban J connectivity index is 1.66. The minimum Gasteiger partial charge on any atom is -0.384 e. The first-order chi connectivity index (χ1) is 9.75. The number of amides is 2. The van der Waals surface area contributed by atoms with E-state index in [9.17, 15) is 4.79 Å². The minimum absolute atomic E-state index is 0.0981. The maximum atomic E-state index is 12.0. The summed E-state index contributed by atoms with van der Waals surface area (Å²) in [4.78, 5) is 14.0. The lowest BCUT2D eigenvalue weighted by molar-refractivity contribution is 0.163. The number of carbonyl (C=O) groups is 1. The van der Waals surface area contributed by atoms with Crippen LogP contribution < -0.4 is 10.6 Å². The fourth-order valence-electron chi connectivity index (χ4n) is 3.39. The molecule has 1 aromatic rings.